The molecule has 3 nitrogen and oxygen atoms in total. The second-order valence-electron chi connectivity index (χ2n) is 4.32. The van der Waals surface area contributed by atoms with Gasteiger partial charge < -0.3 is 9.64 Å². The van der Waals surface area contributed by atoms with Crippen LogP contribution in [0.25, 0.3) is 0 Å². The highest BCUT2D eigenvalue weighted by Gasteiger charge is 2.25. The maximum Gasteiger partial charge on any atom is 0.264 e. The predicted molar refractivity (Wildman–Crippen MR) is 72.7 cm³/mol. The number of aryl methyl sites for hydroxylation is 1. The first-order valence-electron chi connectivity index (χ1n) is 5.70. The molecule has 0 bridgehead atoms. The van der Waals surface area contributed by atoms with E-state index in [1.165, 1.54) is 11.3 Å². The largest absolute Gasteiger partial charge is 0.380 e. The Morgan fingerprint density at radius 2 is 2.41 bits per heavy atom. The average Bonchev–Trinajstić information content (AvgIpc) is 2.69. The van der Waals surface area contributed by atoms with Crippen LogP contribution in [0.5, 0.6) is 0 Å². The molecule has 5 heteroatoms. The van der Waals surface area contributed by atoms with Crippen molar-refractivity contribution in [2.24, 2.45) is 0 Å². The Morgan fingerprint density at radius 1 is 1.65 bits per heavy atom. The van der Waals surface area contributed by atoms with Gasteiger partial charge in [-0.3, -0.25) is 4.79 Å². The standard InChI is InChI=1S/C12H16BrNO2S/c1-8-6-10(17-11(8)13)12(15)14-5-3-4-9(7-14)16-2/h6,9H,3-5,7H2,1-2H3. The lowest BCUT2D eigenvalue weighted by molar-refractivity contribution is 0.0271. The number of carbonyl (C=O) groups excluding carboxylic acids is 1. The highest BCUT2D eigenvalue weighted by molar-refractivity contribution is 9.11. The molecule has 0 spiro atoms. The zero-order valence-corrected chi connectivity index (χ0v) is 12.4. The summed E-state index contributed by atoms with van der Waals surface area (Å²) in [6.45, 7) is 3.56. The third-order valence-electron chi connectivity index (χ3n) is 3.07. The average molecular weight is 318 g/mol. The lowest BCUT2D eigenvalue weighted by atomic mass is 10.1. The second kappa shape index (κ2) is 5.50. The van der Waals surface area contributed by atoms with Crippen molar-refractivity contribution in [1.82, 2.24) is 4.90 Å². The molecule has 1 fully saturated rings. The van der Waals surface area contributed by atoms with Crippen LogP contribution < -0.4 is 0 Å². The first-order chi connectivity index (χ1) is 8.11. The van der Waals surface area contributed by atoms with E-state index < -0.39 is 0 Å². The fourth-order valence-corrected chi connectivity index (χ4v) is 3.54. The number of carbonyl (C=O) groups is 1. The van der Waals surface area contributed by atoms with Gasteiger partial charge in [0.2, 0.25) is 0 Å². The molecule has 0 N–H and O–H groups in total. The molecule has 1 aromatic heterocycles. The molecule has 1 aromatic rings. The van der Waals surface area contributed by atoms with Crippen molar-refractivity contribution in [3.05, 3.63) is 20.3 Å². The van der Waals surface area contributed by atoms with Gasteiger partial charge in [-0.1, -0.05) is 0 Å². The van der Waals surface area contributed by atoms with Crippen LogP contribution in [-0.2, 0) is 4.74 Å². The van der Waals surface area contributed by atoms with E-state index in [4.69, 9.17) is 4.74 Å². The van der Waals surface area contributed by atoms with Crippen LogP contribution in [0.3, 0.4) is 0 Å². The third kappa shape index (κ3) is 2.89. The lowest BCUT2D eigenvalue weighted by Crippen LogP contribution is -2.42. The fourth-order valence-electron chi connectivity index (χ4n) is 2.04. The van der Waals surface area contributed by atoms with Gasteiger partial charge in [0.05, 0.1) is 14.8 Å². The van der Waals surface area contributed by atoms with Gasteiger partial charge in [-0.25, -0.2) is 0 Å². The number of methoxy groups -OCH3 is 1. The van der Waals surface area contributed by atoms with Gasteiger partial charge in [0.25, 0.3) is 5.91 Å². The quantitative estimate of drug-likeness (QED) is 0.839. The van der Waals surface area contributed by atoms with Crippen molar-refractivity contribution in [3.63, 3.8) is 0 Å². The predicted octanol–water partition coefficient (Wildman–Crippen LogP) is 3.07. The van der Waals surface area contributed by atoms with E-state index in [0.717, 1.165) is 33.6 Å². The van der Waals surface area contributed by atoms with Gasteiger partial charge in [0.15, 0.2) is 0 Å². The van der Waals surface area contributed by atoms with Crippen LogP contribution >= 0.6 is 27.3 Å². The second-order valence-corrected chi connectivity index (χ2v) is 6.69. The number of piperidine rings is 1. The number of thiophene rings is 1. The Kier molecular flexibility index (Phi) is 4.22. The van der Waals surface area contributed by atoms with Crippen LogP contribution in [-0.4, -0.2) is 37.1 Å². The number of rotatable bonds is 2. The molecule has 2 rings (SSSR count). The van der Waals surface area contributed by atoms with Gasteiger partial charge in [0.1, 0.15) is 0 Å². The zero-order valence-electron chi connectivity index (χ0n) is 10.0. The first-order valence-corrected chi connectivity index (χ1v) is 7.30. The molecule has 1 amide bonds. The summed E-state index contributed by atoms with van der Waals surface area (Å²) in [6, 6.07) is 1.95. The van der Waals surface area contributed by atoms with E-state index in [9.17, 15) is 4.79 Å². The van der Waals surface area contributed by atoms with Gasteiger partial charge in [-0.05, 0) is 47.3 Å². The van der Waals surface area contributed by atoms with Crippen molar-refractivity contribution >= 4 is 33.2 Å². The Bertz CT molecular complexity index is 399. The summed E-state index contributed by atoms with van der Waals surface area (Å²) in [5.74, 6) is 0.130. The highest BCUT2D eigenvalue weighted by Crippen LogP contribution is 2.29. The molecule has 2 heterocycles. The van der Waals surface area contributed by atoms with Gasteiger partial charge in [-0.15, -0.1) is 11.3 Å². The maximum absolute atomic E-state index is 12.3. The van der Waals surface area contributed by atoms with Crippen molar-refractivity contribution in [2.45, 2.75) is 25.9 Å². The van der Waals surface area contributed by atoms with Crippen LogP contribution in [0.1, 0.15) is 28.1 Å². The number of amides is 1. The molecular weight excluding hydrogens is 302 g/mol. The van der Waals surface area contributed by atoms with E-state index in [1.54, 1.807) is 7.11 Å². The summed E-state index contributed by atoms with van der Waals surface area (Å²) in [5, 5.41) is 0. The van der Waals surface area contributed by atoms with E-state index in [-0.39, 0.29) is 12.0 Å². The summed E-state index contributed by atoms with van der Waals surface area (Å²) < 4.78 is 6.38. The van der Waals surface area contributed by atoms with Crippen molar-refractivity contribution in [1.29, 1.82) is 0 Å². The molecule has 1 aliphatic rings. The number of hydrogen-bond donors (Lipinski definition) is 0. The Labute approximate surface area is 114 Å². The van der Waals surface area contributed by atoms with Crippen molar-refractivity contribution in [3.8, 4) is 0 Å². The summed E-state index contributed by atoms with van der Waals surface area (Å²) in [6.07, 6.45) is 2.26. The molecule has 17 heavy (non-hydrogen) atoms. The van der Waals surface area contributed by atoms with Crippen LogP contribution in [0.2, 0.25) is 0 Å². The molecule has 1 unspecified atom stereocenters. The van der Waals surface area contributed by atoms with Gasteiger partial charge in [0, 0.05) is 20.2 Å². The minimum absolute atomic E-state index is 0.130. The molecular formula is C12H16BrNO2S. The lowest BCUT2D eigenvalue weighted by Gasteiger charge is -2.31. The van der Waals surface area contributed by atoms with Crippen LogP contribution in [0, 0.1) is 6.92 Å². The molecule has 0 radical (unpaired) electrons. The Balaban J connectivity index is 2.09. The van der Waals surface area contributed by atoms with E-state index in [0.29, 0.717) is 6.54 Å². The van der Waals surface area contributed by atoms with E-state index >= 15 is 0 Å². The third-order valence-corrected chi connectivity index (χ3v) is 5.19. The first kappa shape index (κ1) is 13.1. The highest BCUT2D eigenvalue weighted by atomic mass is 79.9. The molecule has 0 saturated carbocycles. The van der Waals surface area contributed by atoms with Crippen molar-refractivity contribution < 1.29 is 9.53 Å². The minimum atomic E-state index is 0.130. The van der Waals surface area contributed by atoms with E-state index in [2.05, 4.69) is 15.9 Å². The van der Waals surface area contributed by atoms with Crippen LogP contribution in [0.15, 0.2) is 9.85 Å². The molecule has 0 aliphatic carbocycles. The molecule has 1 saturated heterocycles. The Hall–Kier alpha value is -0.390. The number of likely N-dealkylation sites (tertiary alicyclic amines) is 1. The monoisotopic (exact) mass is 317 g/mol. The number of halogens is 1. The fraction of sp³-hybridized carbons (Fsp3) is 0.583. The zero-order chi connectivity index (χ0) is 12.4. The van der Waals surface area contributed by atoms with Crippen LogP contribution in [0.4, 0.5) is 0 Å². The van der Waals surface area contributed by atoms with Gasteiger partial charge >= 0.3 is 0 Å². The van der Waals surface area contributed by atoms with Gasteiger partial charge in [-0.2, -0.15) is 0 Å². The normalized spacial score (nSPS) is 20.6. The van der Waals surface area contributed by atoms with Crippen molar-refractivity contribution in [2.75, 3.05) is 20.2 Å². The summed E-state index contributed by atoms with van der Waals surface area (Å²) >= 11 is 4.97. The summed E-state index contributed by atoms with van der Waals surface area (Å²) in [5.41, 5.74) is 1.12. The topological polar surface area (TPSA) is 29.5 Å². The van der Waals surface area contributed by atoms with E-state index in [1.807, 2.05) is 17.9 Å². The molecule has 1 atom stereocenters. The number of ether oxygens (including phenoxy) is 1. The Morgan fingerprint density at radius 3 is 3.00 bits per heavy atom. The molecule has 0 aromatic carbocycles. The molecule has 94 valence electrons. The molecule has 1 aliphatic heterocycles. The summed E-state index contributed by atoms with van der Waals surface area (Å²) in [7, 11) is 1.71. The smallest absolute Gasteiger partial charge is 0.264 e. The number of nitrogens with zero attached hydrogens (tertiary/aromatic N) is 1. The summed E-state index contributed by atoms with van der Waals surface area (Å²) in [4.78, 5) is 15.0. The number of hydrogen-bond acceptors (Lipinski definition) is 3. The maximum atomic E-state index is 12.3. The minimum Gasteiger partial charge on any atom is -0.380 e. The SMILES string of the molecule is COC1CCCN(C(=O)c2cc(C)c(Br)s2)C1.